The van der Waals surface area contributed by atoms with Gasteiger partial charge in [0.1, 0.15) is 5.75 Å². The number of methoxy groups -OCH3 is 1. The third-order valence-corrected chi connectivity index (χ3v) is 2.65. The van der Waals surface area contributed by atoms with Gasteiger partial charge in [-0.15, -0.1) is 0 Å². The predicted molar refractivity (Wildman–Crippen MR) is 62.1 cm³/mol. The van der Waals surface area contributed by atoms with Crippen LogP contribution >= 0.6 is 11.6 Å². The Morgan fingerprint density at radius 2 is 2.00 bits per heavy atom. The number of ketones is 1. The van der Waals surface area contributed by atoms with Gasteiger partial charge in [0.15, 0.2) is 5.78 Å². The zero-order chi connectivity index (χ0) is 11.6. The Kier molecular flexibility index (Phi) is 3.75. The van der Waals surface area contributed by atoms with Gasteiger partial charge in [-0.2, -0.15) is 0 Å². The molecule has 0 aliphatic rings. The molecule has 2 nitrogen and oxygen atoms in total. The molecular weight excluding hydrogens is 212 g/mol. The van der Waals surface area contributed by atoms with Crippen LogP contribution in [-0.4, -0.2) is 12.9 Å². The Bertz CT molecular complexity index is 383. The van der Waals surface area contributed by atoms with Crippen LogP contribution in [0.3, 0.4) is 0 Å². The first kappa shape index (κ1) is 12.1. The molecule has 0 saturated heterocycles. The number of ether oxygens (including phenoxy) is 1. The minimum absolute atomic E-state index is 0.0379. The molecule has 0 aromatic heterocycles. The summed E-state index contributed by atoms with van der Waals surface area (Å²) >= 11 is 6.09. The van der Waals surface area contributed by atoms with E-state index in [0.29, 0.717) is 22.3 Å². The van der Waals surface area contributed by atoms with Gasteiger partial charge in [0.05, 0.1) is 12.7 Å². The van der Waals surface area contributed by atoms with Gasteiger partial charge in [0.2, 0.25) is 0 Å². The van der Waals surface area contributed by atoms with Gasteiger partial charge in [0, 0.05) is 5.02 Å². The highest BCUT2D eigenvalue weighted by Gasteiger charge is 2.14. The van der Waals surface area contributed by atoms with Crippen molar-refractivity contribution in [1.29, 1.82) is 0 Å². The number of halogens is 1. The maximum absolute atomic E-state index is 11.3. The second-order valence-electron chi connectivity index (χ2n) is 3.78. The number of benzene rings is 1. The molecule has 0 unspecified atom stereocenters. The standard InChI is InChI=1S/C12H15ClO2/c1-7(2)9-6-12(15-4)10(8(3)14)5-11(9)13/h5-7H,1-4H3. The summed E-state index contributed by atoms with van der Waals surface area (Å²) in [5.41, 5.74) is 1.53. The Hall–Kier alpha value is -1.02. The van der Waals surface area contributed by atoms with Crippen LogP contribution in [0, 0.1) is 0 Å². The fraction of sp³-hybridized carbons (Fsp3) is 0.417. The van der Waals surface area contributed by atoms with Crippen molar-refractivity contribution in [3.8, 4) is 5.75 Å². The molecule has 1 aromatic carbocycles. The average molecular weight is 227 g/mol. The molecule has 15 heavy (non-hydrogen) atoms. The molecule has 0 bridgehead atoms. The highest BCUT2D eigenvalue weighted by Crippen LogP contribution is 2.31. The first-order valence-corrected chi connectivity index (χ1v) is 5.23. The van der Waals surface area contributed by atoms with Crippen molar-refractivity contribution < 1.29 is 9.53 Å². The zero-order valence-electron chi connectivity index (χ0n) is 9.43. The summed E-state index contributed by atoms with van der Waals surface area (Å²) in [6, 6.07) is 3.52. The highest BCUT2D eigenvalue weighted by atomic mass is 35.5. The lowest BCUT2D eigenvalue weighted by Crippen LogP contribution is -2.00. The molecule has 1 aromatic rings. The molecule has 82 valence electrons. The van der Waals surface area contributed by atoms with Gasteiger partial charge in [-0.05, 0) is 30.5 Å². The van der Waals surface area contributed by atoms with Crippen LogP contribution in [0.5, 0.6) is 5.75 Å². The molecule has 0 saturated carbocycles. The van der Waals surface area contributed by atoms with Crippen molar-refractivity contribution in [3.63, 3.8) is 0 Å². The van der Waals surface area contributed by atoms with E-state index < -0.39 is 0 Å². The lowest BCUT2D eigenvalue weighted by molar-refractivity contribution is 0.101. The van der Waals surface area contributed by atoms with Crippen molar-refractivity contribution in [2.24, 2.45) is 0 Å². The van der Waals surface area contributed by atoms with Crippen LogP contribution in [-0.2, 0) is 0 Å². The number of carbonyl (C=O) groups excluding carboxylic acids is 1. The molecule has 3 heteroatoms. The molecule has 0 radical (unpaired) electrons. The van der Waals surface area contributed by atoms with E-state index in [2.05, 4.69) is 0 Å². The second kappa shape index (κ2) is 4.67. The molecule has 0 spiro atoms. The van der Waals surface area contributed by atoms with Crippen LogP contribution in [0.4, 0.5) is 0 Å². The molecule has 0 N–H and O–H groups in total. The van der Waals surface area contributed by atoms with Gasteiger partial charge in [-0.3, -0.25) is 4.79 Å². The summed E-state index contributed by atoms with van der Waals surface area (Å²) in [6.07, 6.45) is 0. The maximum atomic E-state index is 11.3. The SMILES string of the molecule is COc1cc(C(C)C)c(Cl)cc1C(C)=O. The van der Waals surface area contributed by atoms with Crippen molar-refractivity contribution in [2.45, 2.75) is 26.7 Å². The first-order valence-electron chi connectivity index (χ1n) is 4.85. The van der Waals surface area contributed by atoms with E-state index in [1.165, 1.54) is 6.92 Å². The lowest BCUT2D eigenvalue weighted by Gasteiger charge is -2.13. The number of Topliss-reactive ketones (excluding diaryl/α,β-unsaturated/α-hetero) is 1. The summed E-state index contributed by atoms with van der Waals surface area (Å²) in [5, 5.41) is 0.621. The van der Waals surface area contributed by atoms with Crippen molar-refractivity contribution >= 4 is 17.4 Å². The highest BCUT2D eigenvalue weighted by molar-refractivity contribution is 6.32. The number of carbonyl (C=O) groups is 1. The summed E-state index contributed by atoms with van der Waals surface area (Å²) in [5.74, 6) is 0.868. The van der Waals surface area contributed by atoms with Gasteiger partial charge < -0.3 is 4.74 Å². The lowest BCUT2D eigenvalue weighted by atomic mass is 9.99. The zero-order valence-corrected chi connectivity index (χ0v) is 10.2. The summed E-state index contributed by atoms with van der Waals surface area (Å²) in [6.45, 7) is 5.60. The number of hydrogen-bond acceptors (Lipinski definition) is 2. The van der Waals surface area contributed by atoms with Crippen LogP contribution in [0.15, 0.2) is 12.1 Å². The van der Waals surface area contributed by atoms with Crippen molar-refractivity contribution in [1.82, 2.24) is 0 Å². The van der Waals surface area contributed by atoms with Crippen molar-refractivity contribution in [2.75, 3.05) is 7.11 Å². The van der Waals surface area contributed by atoms with E-state index in [1.807, 2.05) is 19.9 Å². The predicted octanol–water partition coefficient (Wildman–Crippen LogP) is 3.67. The second-order valence-corrected chi connectivity index (χ2v) is 4.19. The minimum Gasteiger partial charge on any atom is -0.496 e. The maximum Gasteiger partial charge on any atom is 0.163 e. The van der Waals surface area contributed by atoms with Gasteiger partial charge in [-0.25, -0.2) is 0 Å². The van der Waals surface area contributed by atoms with E-state index in [1.54, 1.807) is 13.2 Å². The van der Waals surface area contributed by atoms with Gasteiger partial charge >= 0.3 is 0 Å². The molecule has 0 heterocycles. The fourth-order valence-corrected chi connectivity index (χ4v) is 1.84. The van der Waals surface area contributed by atoms with E-state index in [-0.39, 0.29) is 5.78 Å². The molecule has 0 fully saturated rings. The first-order chi connectivity index (χ1) is 6.97. The molecule has 0 atom stereocenters. The van der Waals surface area contributed by atoms with E-state index in [9.17, 15) is 4.79 Å². The Balaban J connectivity index is 3.35. The quantitative estimate of drug-likeness (QED) is 0.735. The third-order valence-electron chi connectivity index (χ3n) is 2.32. The Labute approximate surface area is 95.2 Å². The van der Waals surface area contributed by atoms with Crippen LogP contribution < -0.4 is 4.74 Å². The normalized spacial score (nSPS) is 10.5. The van der Waals surface area contributed by atoms with Crippen LogP contribution in [0.25, 0.3) is 0 Å². The third kappa shape index (κ3) is 2.51. The fourth-order valence-electron chi connectivity index (χ4n) is 1.46. The molecular formula is C12H15ClO2. The minimum atomic E-state index is -0.0379. The summed E-state index contributed by atoms with van der Waals surface area (Å²) in [7, 11) is 1.56. The Morgan fingerprint density at radius 3 is 2.40 bits per heavy atom. The van der Waals surface area contributed by atoms with Crippen LogP contribution in [0.2, 0.25) is 5.02 Å². The molecule has 0 aliphatic carbocycles. The topological polar surface area (TPSA) is 26.3 Å². The van der Waals surface area contributed by atoms with Crippen LogP contribution in [0.1, 0.15) is 42.6 Å². The molecule has 0 amide bonds. The largest absolute Gasteiger partial charge is 0.496 e. The Morgan fingerprint density at radius 1 is 1.40 bits per heavy atom. The summed E-state index contributed by atoms with van der Waals surface area (Å²) in [4.78, 5) is 11.3. The van der Waals surface area contributed by atoms with Gasteiger partial charge in [-0.1, -0.05) is 25.4 Å². The van der Waals surface area contributed by atoms with Gasteiger partial charge in [0.25, 0.3) is 0 Å². The van der Waals surface area contributed by atoms with E-state index in [4.69, 9.17) is 16.3 Å². The number of hydrogen-bond donors (Lipinski definition) is 0. The molecule has 0 aliphatic heterocycles. The van der Waals surface area contributed by atoms with E-state index >= 15 is 0 Å². The molecule has 1 rings (SSSR count). The van der Waals surface area contributed by atoms with Crippen molar-refractivity contribution in [3.05, 3.63) is 28.3 Å². The number of rotatable bonds is 3. The smallest absolute Gasteiger partial charge is 0.163 e. The monoisotopic (exact) mass is 226 g/mol. The van der Waals surface area contributed by atoms with E-state index in [0.717, 1.165) is 5.56 Å². The average Bonchev–Trinajstić information content (AvgIpc) is 2.16. The summed E-state index contributed by atoms with van der Waals surface area (Å²) < 4.78 is 5.17.